The molecule has 90 valence electrons. The Kier molecular flexibility index (Phi) is 3.69. The van der Waals surface area contributed by atoms with Gasteiger partial charge in [-0.25, -0.2) is 0 Å². The lowest BCUT2D eigenvalue weighted by atomic mass is 10.0. The molecule has 2 aromatic rings. The van der Waals surface area contributed by atoms with Crippen LogP contribution in [-0.2, 0) is 6.42 Å². The Bertz CT molecular complexity index is 488. The summed E-state index contributed by atoms with van der Waals surface area (Å²) in [5.41, 5.74) is 9.08. The molecule has 3 nitrogen and oxygen atoms in total. The highest BCUT2D eigenvalue weighted by Crippen LogP contribution is 2.29. The van der Waals surface area contributed by atoms with Gasteiger partial charge in [0.25, 0.3) is 0 Å². The molecule has 3 N–H and O–H groups in total. The third-order valence-electron chi connectivity index (χ3n) is 2.78. The van der Waals surface area contributed by atoms with Crippen molar-refractivity contribution < 1.29 is 0 Å². The van der Waals surface area contributed by atoms with E-state index in [1.807, 2.05) is 24.3 Å². The average molecular weight is 250 g/mol. The predicted octanol–water partition coefficient (Wildman–Crippen LogP) is 3.65. The molecule has 0 bridgehead atoms. The fourth-order valence-electron chi connectivity index (χ4n) is 1.87. The van der Waals surface area contributed by atoms with Crippen LogP contribution >= 0.6 is 11.6 Å². The monoisotopic (exact) mass is 249 g/mol. The van der Waals surface area contributed by atoms with E-state index in [4.69, 9.17) is 17.3 Å². The highest BCUT2D eigenvalue weighted by molar-refractivity contribution is 6.30. The highest BCUT2D eigenvalue weighted by Gasteiger charge is 2.12. The Morgan fingerprint density at radius 2 is 2.00 bits per heavy atom. The van der Waals surface area contributed by atoms with Gasteiger partial charge in [-0.2, -0.15) is 5.10 Å². The Labute approximate surface area is 106 Å². The summed E-state index contributed by atoms with van der Waals surface area (Å²) >= 11 is 5.88. The number of aryl methyl sites for hydroxylation is 1. The molecule has 2 rings (SSSR count). The van der Waals surface area contributed by atoms with Gasteiger partial charge >= 0.3 is 0 Å². The lowest BCUT2D eigenvalue weighted by Crippen LogP contribution is -1.91. The summed E-state index contributed by atoms with van der Waals surface area (Å²) in [4.78, 5) is 0. The zero-order valence-corrected chi connectivity index (χ0v) is 10.6. The number of aromatic nitrogens is 2. The molecule has 1 aromatic heterocycles. The van der Waals surface area contributed by atoms with Crippen molar-refractivity contribution in [1.82, 2.24) is 10.2 Å². The maximum atomic E-state index is 5.91. The number of aromatic amines is 1. The Balaban J connectivity index is 2.36. The average Bonchev–Trinajstić information content (AvgIpc) is 2.69. The topological polar surface area (TPSA) is 54.7 Å². The van der Waals surface area contributed by atoms with Gasteiger partial charge in [0.15, 0.2) is 5.82 Å². The number of unbranched alkanes of at least 4 members (excludes halogenated alkanes) is 1. The first kappa shape index (κ1) is 12.0. The highest BCUT2D eigenvalue weighted by atomic mass is 35.5. The van der Waals surface area contributed by atoms with Crippen LogP contribution in [0.4, 0.5) is 5.82 Å². The molecule has 0 aliphatic heterocycles. The van der Waals surface area contributed by atoms with Crippen molar-refractivity contribution in [2.75, 3.05) is 5.73 Å². The molecule has 0 aliphatic rings. The zero-order valence-electron chi connectivity index (χ0n) is 9.83. The van der Waals surface area contributed by atoms with E-state index in [1.165, 1.54) is 0 Å². The van der Waals surface area contributed by atoms with Gasteiger partial charge in [0.2, 0.25) is 0 Å². The molecular formula is C13H16ClN3. The molecule has 0 amide bonds. The maximum absolute atomic E-state index is 5.91. The van der Waals surface area contributed by atoms with E-state index >= 15 is 0 Å². The number of anilines is 1. The van der Waals surface area contributed by atoms with Gasteiger partial charge in [-0.15, -0.1) is 0 Å². The third kappa shape index (κ3) is 2.61. The number of nitrogens with one attached hydrogen (secondary N) is 1. The first-order valence-corrected chi connectivity index (χ1v) is 6.18. The number of rotatable bonds is 4. The SMILES string of the molecule is CCCCc1[nH]nc(N)c1-c1ccc(Cl)cc1. The summed E-state index contributed by atoms with van der Waals surface area (Å²) in [6, 6.07) is 7.68. The smallest absolute Gasteiger partial charge is 0.153 e. The molecule has 0 atom stereocenters. The Morgan fingerprint density at radius 3 is 2.65 bits per heavy atom. The third-order valence-corrected chi connectivity index (χ3v) is 3.03. The lowest BCUT2D eigenvalue weighted by Gasteiger charge is -2.04. The first-order chi connectivity index (χ1) is 8.22. The number of hydrogen-bond acceptors (Lipinski definition) is 2. The number of hydrogen-bond donors (Lipinski definition) is 2. The van der Waals surface area contributed by atoms with E-state index in [2.05, 4.69) is 17.1 Å². The maximum Gasteiger partial charge on any atom is 0.153 e. The second kappa shape index (κ2) is 5.23. The normalized spacial score (nSPS) is 10.7. The number of nitrogens with zero attached hydrogens (tertiary/aromatic N) is 1. The number of nitrogens with two attached hydrogens (primary N) is 1. The Hall–Kier alpha value is -1.48. The minimum Gasteiger partial charge on any atom is -0.382 e. The minimum absolute atomic E-state index is 0.554. The van der Waals surface area contributed by atoms with Crippen LogP contribution in [0.1, 0.15) is 25.5 Å². The number of nitrogen functional groups attached to an aromatic ring is 1. The van der Waals surface area contributed by atoms with Gasteiger partial charge in [-0.1, -0.05) is 37.1 Å². The standard InChI is InChI=1S/C13H16ClN3/c1-2-3-4-11-12(13(15)17-16-11)9-5-7-10(14)8-6-9/h5-8H,2-4H2,1H3,(H3,15,16,17). The van der Waals surface area contributed by atoms with Gasteiger partial charge in [-0.05, 0) is 30.5 Å². The van der Waals surface area contributed by atoms with E-state index in [0.717, 1.165) is 41.1 Å². The minimum atomic E-state index is 0.554. The molecular weight excluding hydrogens is 234 g/mol. The van der Waals surface area contributed by atoms with Crippen molar-refractivity contribution >= 4 is 17.4 Å². The van der Waals surface area contributed by atoms with E-state index in [9.17, 15) is 0 Å². The van der Waals surface area contributed by atoms with Crippen LogP contribution in [0.3, 0.4) is 0 Å². The van der Waals surface area contributed by atoms with Crippen LogP contribution in [-0.4, -0.2) is 10.2 Å². The van der Waals surface area contributed by atoms with Gasteiger partial charge in [0, 0.05) is 16.3 Å². The van der Waals surface area contributed by atoms with Crippen LogP contribution in [0.2, 0.25) is 5.02 Å². The molecule has 17 heavy (non-hydrogen) atoms. The van der Waals surface area contributed by atoms with E-state index in [0.29, 0.717) is 5.82 Å². The summed E-state index contributed by atoms with van der Waals surface area (Å²) in [6.45, 7) is 2.17. The largest absolute Gasteiger partial charge is 0.382 e. The first-order valence-electron chi connectivity index (χ1n) is 5.81. The molecule has 4 heteroatoms. The van der Waals surface area contributed by atoms with Crippen molar-refractivity contribution in [2.24, 2.45) is 0 Å². The molecule has 0 fully saturated rings. The number of benzene rings is 1. The molecule has 1 aromatic carbocycles. The predicted molar refractivity (Wildman–Crippen MR) is 72.1 cm³/mol. The lowest BCUT2D eigenvalue weighted by molar-refractivity contribution is 0.773. The summed E-state index contributed by atoms with van der Waals surface area (Å²) in [5, 5.41) is 7.83. The fraction of sp³-hybridized carbons (Fsp3) is 0.308. The van der Waals surface area contributed by atoms with Crippen LogP contribution < -0.4 is 5.73 Å². The molecule has 1 heterocycles. The molecule has 0 spiro atoms. The van der Waals surface area contributed by atoms with Gasteiger partial charge in [-0.3, -0.25) is 5.10 Å². The van der Waals surface area contributed by atoms with Crippen LogP contribution in [0.25, 0.3) is 11.1 Å². The van der Waals surface area contributed by atoms with E-state index in [-0.39, 0.29) is 0 Å². The summed E-state index contributed by atoms with van der Waals surface area (Å²) in [6.07, 6.45) is 3.25. The van der Waals surface area contributed by atoms with Crippen molar-refractivity contribution in [3.05, 3.63) is 35.0 Å². The Morgan fingerprint density at radius 1 is 1.29 bits per heavy atom. The number of H-pyrrole nitrogens is 1. The second-order valence-electron chi connectivity index (χ2n) is 4.07. The second-order valence-corrected chi connectivity index (χ2v) is 4.51. The molecule has 0 aliphatic carbocycles. The summed E-state index contributed by atoms with van der Waals surface area (Å²) in [7, 11) is 0. The van der Waals surface area contributed by atoms with Gasteiger partial charge in [0.1, 0.15) is 0 Å². The van der Waals surface area contributed by atoms with Crippen LogP contribution in [0.5, 0.6) is 0 Å². The molecule has 0 unspecified atom stereocenters. The van der Waals surface area contributed by atoms with E-state index < -0.39 is 0 Å². The van der Waals surface area contributed by atoms with Crippen molar-refractivity contribution in [3.63, 3.8) is 0 Å². The summed E-state index contributed by atoms with van der Waals surface area (Å²) in [5.74, 6) is 0.554. The number of halogens is 1. The van der Waals surface area contributed by atoms with Gasteiger partial charge < -0.3 is 5.73 Å². The molecule has 0 radical (unpaired) electrons. The summed E-state index contributed by atoms with van der Waals surface area (Å²) < 4.78 is 0. The molecule has 0 saturated heterocycles. The van der Waals surface area contributed by atoms with E-state index in [1.54, 1.807) is 0 Å². The van der Waals surface area contributed by atoms with Crippen molar-refractivity contribution in [1.29, 1.82) is 0 Å². The van der Waals surface area contributed by atoms with Crippen molar-refractivity contribution in [2.45, 2.75) is 26.2 Å². The zero-order chi connectivity index (χ0) is 12.3. The van der Waals surface area contributed by atoms with Gasteiger partial charge in [0.05, 0.1) is 0 Å². The van der Waals surface area contributed by atoms with Crippen molar-refractivity contribution in [3.8, 4) is 11.1 Å². The fourth-order valence-corrected chi connectivity index (χ4v) is 1.99. The molecule has 0 saturated carbocycles. The quantitative estimate of drug-likeness (QED) is 0.869. The van der Waals surface area contributed by atoms with Crippen LogP contribution in [0.15, 0.2) is 24.3 Å². The van der Waals surface area contributed by atoms with Crippen LogP contribution in [0, 0.1) is 0 Å².